The molecular formula is C26H36N2O3. The molecule has 0 bridgehead atoms. The molecule has 0 heterocycles. The van der Waals surface area contributed by atoms with Gasteiger partial charge in [0, 0.05) is 6.04 Å². The molecule has 0 radical (unpaired) electrons. The Morgan fingerprint density at radius 3 is 1.97 bits per heavy atom. The van der Waals surface area contributed by atoms with Crippen LogP contribution < -0.4 is 10.6 Å². The molecule has 0 aliphatic rings. The minimum atomic E-state index is -0.713. The molecule has 0 aromatic heterocycles. The van der Waals surface area contributed by atoms with E-state index in [1.165, 1.54) is 0 Å². The highest BCUT2D eigenvalue weighted by molar-refractivity contribution is 5.88. The van der Waals surface area contributed by atoms with Gasteiger partial charge < -0.3 is 10.1 Å². The fourth-order valence-corrected chi connectivity index (χ4v) is 3.36. The summed E-state index contributed by atoms with van der Waals surface area (Å²) in [6.45, 7) is 12.1. The van der Waals surface area contributed by atoms with Gasteiger partial charge in [-0.3, -0.25) is 10.1 Å². The standard InChI is InChI=1S/C26H36N2O3/c1-18(2)22(25(30)31-17-20-13-9-7-10-14-20)28-24(29)23(26(4,5)6)27-19(3)21-15-11-8-12-16-21/h7-16,18-19,22-23,27H,17H2,1-6H3,(H,28,29)/t19-,22-,23-/m0/s1. The first-order valence-corrected chi connectivity index (χ1v) is 10.9. The van der Waals surface area contributed by atoms with Crippen molar-refractivity contribution in [3.05, 3.63) is 71.8 Å². The van der Waals surface area contributed by atoms with Crippen LogP contribution in [0.1, 0.15) is 58.7 Å². The summed E-state index contributed by atoms with van der Waals surface area (Å²) in [5.74, 6) is -0.721. The average Bonchev–Trinajstić information content (AvgIpc) is 2.74. The van der Waals surface area contributed by atoms with E-state index in [1.54, 1.807) is 0 Å². The third-order valence-electron chi connectivity index (χ3n) is 5.29. The number of nitrogens with one attached hydrogen (secondary N) is 2. The topological polar surface area (TPSA) is 67.4 Å². The number of ether oxygens (including phenoxy) is 1. The molecule has 1 amide bonds. The van der Waals surface area contributed by atoms with E-state index in [0.717, 1.165) is 11.1 Å². The van der Waals surface area contributed by atoms with Gasteiger partial charge in [-0.15, -0.1) is 0 Å². The van der Waals surface area contributed by atoms with Crippen LogP contribution in [0.5, 0.6) is 0 Å². The second kappa shape index (κ2) is 11.1. The summed E-state index contributed by atoms with van der Waals surface area (Å²) < 4.78 is 5.49. The van der Waals surface area contributed by atoms with Gasteiger partial charge >= 0.3 is 5.97 Å². The van der Waals surface area contributed by atoms with Crippen molar-refractivity contribution in [2.45, 2.75) is 66.3 Å². The van der Waals surface area contributed by atoms with Gasteiger partial charge in [0.05, 0.1) is 6.04 Å². The summed E-state index contributed by atoms with van der Waals surface area (Å²) in [6.07, 6.45) is 0. The maximum absolute atomic E-state index is 13.3. The van der Waals surface area contributed by atoms with Gasteiger partial charge in [0.25, 0.3) is 0 Å². The van der Waals surface area contributed by atoms with E-state index < -0.39 is 18.1 Å². The lowest BCUT2D eigenvalue weighted by Gasteiger charge is -2.34. The third-order valence-corrected chi connectivity index (χ3v) is 5.29. The van der Waals surface area contributed by atoms with Crippen molar-refractivity contribution in [2.24, 2.45) is 11.3 Å². The average molecular weight is 425 g/mol. The lowest BCUT2D eigenvalue weighted by molar-refractivity contribution is -0.151. The van der Waals surface area contributed by atoms with E-state index >= 15 is 0 Å². The number of hydrogen-bond donors (Lipinski definition) is 2. The van der Waals surface area contributed by atoms with Crippen molar-refractivity contribution in [3.63, 3.8) is 0 Å². The van der Waals surface area contributed by atoms with Crippen molar-refractivity contribution in [3.8, 4) is 0 Å². The molecule has 5 nitrogen and oxygen atoms in total. The zero-order valence-corrected chi connectivity index (χ0v) is 19.5. The summed E-state index contributed by atoms with van der Waals surface area (Å²) >= 11 is 0. The summed E-state index contributed by atoms with van der Waals surface area (Å²) in [7, 11) is 0. The van der Waals surface area contributed by atoms with Gasteiger partial charge in [-0.25, -0.2) is 4.79 Å². The van der Waals surface area contributed by atoms with Gasteiger partial charge in [-0.1, -0.05) is 95.3 Å². The molecule has 168 valence electrons. The fourth-order valence-electron chi connectivity index (χ4n) is 3.36. The van der Waals surface area contributed by atoms with Crippen LogP contribution in [0.4, 0.5) is 0 Å². The zero-order valence-electron chi connectivity index (χ0n) is 19.5. The van der Waals surface area contributed by atoms with Crippen LogP contribution in [-0.4, -0.2) is 24.0 Å². The lowest BCUT2D eigenvalue weighted by Crippen LogP contribution is -2.56. The Morgan fingerprint density at radius 2 is 1.45 bits per heavy atom. The largest absolute Gasteiger partial charge is 0.459 e. The van der Waals surface area contributed by atoms with Crippen molar-refractivity contribution in [2.75, 3.05) is 0 Å². The molecule has 0 saturated heterocycles. The zero-order chi connectivity index (χ0) is 23.0. The molecule has 31 heavy (non-hydrogen) atoms. The van der Waals surface area contributed by atoms with Gasteiger partial charge in [0.1, 0.15) is 12.6 Å². The van der Waals surface area contributed by atoms with Gasteiger partial charge in [-0.2, -0.15) is 0 Å². The molecule has 0 aliphatic heterocycles. The number of hydrogen-bond acceptors (Lipinski definition) is 4. The van der Waals surface area contributed by atoms with Gasteiger partial charge in [-0.05, 0) is 29.4 Å². The first kappa shape index (κ1) is 24.6. The number of rotatable bonds is 9. The summed E-state index contributed by atoms with van der Waals surface area (Å²) in [5, 5.41) is 6.39. The summed E-state index contributed by atoms with van der Waals surface area (Å²) in [6, 6.07) is 18.3. The number of carbonyl (C=O) groups excluding carboxylic acids is 2. The minimum Gasteiger partial charge on any atom is -0.459 e. The monoisotopic (exact) mass is 424 g/mol. The van der Waals surface area contributed by atoms with Crippen LogP contribution in [0, 0.1) is 11.3 Å². The van der Waals surface area contributed by atoms with Crippen molar-refractivity contribution < 1.29 is 14.3 Å². The molecule has 2 N–H and O–H groups in total. The van der Waals surface area contributed by atoms with Crippen molar-refractivity contribution in [1.82, 2.24) is 10.6 Å². The Labute approximate surface area is 186 Å². The fraction of sp³-hybridized carbons (Fsp3) is 0.462. The minimum absolute atomic E-state index is 0.0151. The quantitative estimate of drug-likeness (QED) is 0.576. The Hall–Kier alpha value is -2.66. The van der Waals surface area contributed by atoms with E-state index in [2.05, 4.69) is 10.6 Å². The van der Waals surface area contributed by atoms with Crippen LogP contribution in [0.25, 0.3) is 0 Å². The lowest BCUT2D eigenvalue weighted by atomic mass is 9.85. The number of amides is 1. The maximum atomic E-state index is 13.3. The third kappa shape index (κ3) is 7.51. The van der Waals surface area contributed by atoms with Crippen molar-refractivity contribution >= 4 is 11.9 Å². The smallest absolute Gasteiger partial charge is 0.329 e. The molecule has 2 rings (SSSR count). The molecule has 0 spiro atoms. The van der Waals surface area contributed by atoms with Crippen LogP contribution in [0.3, 0.4) is 0 Å². The number of carbonyl (C=O) groups is 2. The summed E-state index contributed by atoms with van der Waals surface area (Å²) in [4.78, 5) is 26.0. The van der Waals surface area contributed by atoms with E-state index in [4.69, 9.17) is 4.74 Å². The first-order valence-electron chi connectivity index (χ1n) is 10.9. The Balaban J connectivity index is 2.08. The van der Waals surface area contributed by atoms with E-state index in [1.807, 2.05) is 102 Å². The predicted molar refractivity (Wildman–Crippen MR) is 124 cm³/mol. The van der Waals surface area contributed by atoms with Crippen LogP contribution >= 0.6 is 0 Å². The molecular weight excluding hydrogens is 388 g/mol. The first-order chi connectivity index (χ1) is 14.6. The Kier molecular flexibility index (Phi) is 8.81. The highest BCUT2D eigenvalue weighted by Gasteiger charge is 2.35. The molecule has 5 heteroatoms. The second-order valence-electron chi connectivity index (χ2n) is 9.42. The molecule has 0 unspecified atom stereocenters. The van der Waals surface area contributed by atoms with Gasteiger partial charge in [0.2, 0.25) is 5.91 Å². The predicted octanol–water partition coefficient (Wildman–Crippen LogP) is 4.64. The SMILES string of the molecule is CC(C)[C@H](NC(=O)[C@H](N[C@@H](C)c1ccccc1)C(C)(C)C)C(=O)OCc1ccccc1. The van der Waals surface area contributed by atoms with Crippen LogP contribution in [-0.2, 0) is 20.9 Å². The summed E-state index contributed by atoms with van der Waals surface area (Å²) in [5.41, 5.74) is 1.67. The van der Waals surface area contributed by atoms with Crippen molar-refractivity contribution in [1.29, 1.82) is 0 Å². The Morgan fingerprint density at radius 1 is 0.903 bits per heavy atom. The van der Waals surface area contributed by atoms with E-state index in [0.29, 0.717) is 0 Å². The highest BCUT2D eigenvalue weighted by Crippen LogP contribution is 2.24. The second-order valence-corrected chi connectivity index (χ2v) is 9.42. The molecule has 3 atom stereocenters. The number of benzene rings is 2. The van der Waals surface area contributed by atoms with E-state index in [9.17, 15) is 9.59 Å². The molecule has 0 saturated carbocycles. The van der Waals surface area contributed by atoms with Crippen LogP contribution in [0.15, 0.2) is 60.7 Å². The van der Waals surface area contributed by atoms with Gasteiger partial charge in [0.15, 0.2) is 0 Å². The molecule has 0 aliphatic carbocycles. The molecule has 2 aromatic rings. The van der Waals surface area contributed by atoms with Crippen LogP contribution in [0.2, 0.25) is 0 Å². The molecule has 0 fully saturated rings. The molecule has 2 aromatic carbocycles. The Bertz CT molecular complexity index is 829. The van der Waals surface area contributed by atoms with E-state index in [-0.39, 0.29) is 29.9 Å². The number of esters is 1. The maximum Gasteiger partial charge on any atom is 0.329 e. The highest BCUT2D eigenvalue weighted by atomic mass is 16.5. The normalized spacial score (nSPS) is 14.5.